The number of rotatable bonds is 14. The molecule has 13 nitrogen and oxygen atoms in total. The highest BCUT2D eigenvalue weighted by molar-refractivity contribution is 6.06. The first kappa shape index (κ1) is 84.2. The molecule has 0 bridgehead atoms. The summed E-state index contributed by atoms with van der Waals surface area (Å²) in [5.41, 5.74) is 31.4. The molecular formula is C114H95N13. The zero-order valence-electron chi connectivity index (χ0n) is 71.8. The highest BCUT2D eigenvalue weighted by atomic mass is 15.3. The first-order valence-electron chi connectivity index (χ1n) is 42.5. The third-order valence-electron chi connectivity index (χ3n) is 21.6. The van der Waals surface area contributed by atoms with Crippen molar-refractivity contribution in [2.24, 2.45) is 4.99 Å². The lowest BCUT2D eigenvalue weighted by atomic mass is 9.98. The maximum Gasteiger partial charge on any atom is 0.168 e. The lowest BCUT2D eigenvalue weighted by Gasteiger charge is -2.31. The molecule has 1 aliphatic carbocycles. The molecule has 1 aliphatic heterocycles. The van der Waals surface area contributed by atoms with E-state index in [1.165, 1.54) is 89.1 Å². The van der Waals surface area contributed by atoms with Crippen molar-refractivity contribution in [3.8, 4) is 124 Å². The van der Waals surface area contributed by atoms with Crippen molar-refractivity contribution < 1.29 is 0 Å². The van der Waals surface area contributed by atoms with Gasteiger partial charge in [-0.25, -0.2) is 0 Å². The molecule has 13 heteroatoms. The fourth-order valence-corrected chi connectivity index (χ4v) is 15.2. The number of aryl methyl sites for hydroxylation is 6. The van der Waals surface area contributed by atoms with Gasteiger partial charge in [-0.05, 0) is 211 Å². The van der Waals surface area contributed by atoms with Crippen LogP contribution >= 0.6 is 0 Å². The fourth-order valence-electron chi connectivity index (χ4n) is 15.2. The van der Waals surface area contributed by atoms with E-state index in [0.717, 1.165) is 85.0 Å². The van der Waals surface area contributed by atoms with Gasteiger partial charge in [0.25, 0.3) is 0 Å². The van der Waals surface area contributed by atoms with Crippen molar-refractivity contribution in [3.05, 3.63) is 495 Å². The van der Waals surface area contributed by atoms with E-state index < -0.39 is 0 Å². The number of allylic oxidation sites excluding steroid dienone is 2. The second-order valence-electron chi connectivity index (χ2n) is 31.1. The molecule has 0 N–H and O–H groups in total. The highest BCUT2D eigenvalue weighted by Crippen LogP contribution is 2.39. The lowest BCUT2D eigenvalue weighted by molar-refractivity contribution is 0.696. The van der Waals surface area contributed by atoms with Gasteiger partial charge in [0.1, 0.15) is 6.17 Å². The molecule has 0 saturated heterocycles. The quantitative estimate of drug-likeness (QED) is 0.103. The summed E-state index contributed by atoms with van der Waals surface area (Å²) in [5, 5.41) is 17.9. The highest BCUT2D eigenvalue weighted by Gasteiger charge is 2.35. The van der Waals surface area contributed by atoms with Crippen LogP contribution in [0.3, 0.4) is 0 Å². The van der Waals surface area contributed by atoms with E-state index in [2.05, 4.69) is 374 Å². The molecule has 0 amide bonds. The minimum atomic E-state index is 0.0374. The van der Waals surface area contributed by atoms with Crippen molar-refractivity contribution >= 4 is 11.4 Å². The molecule has 0 radical (unpaired) electrons. The van der Waals surface area contributed by atoms with E-state index in [0.29, 0.717) is 0 Å². The number of aliphatic imine (C=N–C) groups is 1. The number of anilines is 1. The Hall–Kier alpha value is -16.4. The third-order valence-corrected chi connectivity index (χ3v) is 21.6. The number of hydrogen-bond donors (Lipinski definition) is 0. The summed E-state index contributed by atoms with van der Waals surface area (Å²) in [6.45, 7) is 12.6. The van der Waals surface area contributed by atoms with Crippen molar-refractivity contribution in [1.82, 2.24) is 54.4 Å². The van der Waals surface area contributed by atoms with Gasteiger partial charge in [-0.2, -0.15) is 0 Å². The molecule has 127 heavy (non-hydrogen) atoms. The Morgan fingerprint density at radius 2 is 0.614 bits per heavy atom. The first-order valence-corrected chi connectivity index (χ1v) is 42.5. The molecule has 19 aromatic rings. The summed E-state index contributed by atoms with van der Waals surface area (Å²) in [5.74, 6) is 3.38. The second kappa shape index (κ2) is 41.5. The Labute approximate surface area is 743 Å². The molecule has 616 valence electrons. The molecule has 12 aromatic carbocycles. The van der Waals surface area contributed by atoms with Gasteiger partial charge in [-0.15, -0.1) is 20.4 Å². The minimum Gasteiger partial charge on any atom is -0.334 e. The molecule has 8 heterocycles. The predicted octanol–water partition coefficient (Wildman–Crippen LogP) is 27.2. The van der Waals surface area contributed by atoms with Crippen molar-refractivity contribution in [1.29, 1.82) is 0 Å². The van der Waals surface area contributed by atoms with Gasteiger partial charge >= 0.3 is 0 Å². The summed E-state index contributed by atoms with van der Waals surface area (Å²) in [4.78, 5) is 28.3. The third kappa shape index (κ3) is 21.6. The maximum atomic E-state index is 4.97. The number of pyridine rings is 5. The average molecular weight is 1650 g/mol. The largest absolute Gasteiger partial charge is 0.334 e. The van der Waals surface area contributed by atoms with E-state index in [4.69, 9.17) is 4.99 Å². The standard InChI is InChI=1S/2C21H17N3.C20H18N2.C18H15N.2C17H14N2/c1-16-12-14-18(15-13-16)21-23-22-20(17-8-4-2-5-9-17)24(21)19-10-6-3-7-11-19;1-16-12-14-19(15-13-16)24-20(17-8-4-2-5-9-17)22-23-21(24)18-10-6-3-7-11-18;1-15-8-7-11-17(14-15)22-19-13-6-5-12-18(19)21-20(22)16-9-3-2-4-10-16;1-14-7-9-15(10-8-14)17-11-12-19-18(13-17)16-5-3-2-4-6-16;1-13-10-16(14-2-6-18-7-3-14)12-17(11-13)15-4-8-19-9-5-15;1-13-8-16(14-4-2-6-18-11-14)10-17(9-13)15-5-3-7-19-12-15/h2*2-15H,1H3;2-14,19-20H,1H3;2-13H,1H3;2*2-12H,1H3. The number of aromatic nitrogens is 11. The monoisotopic (exact) mass is 1650 g/mol. The van der Waals surface area contributed by atoms with E-state index in [1.807, 2.05) is 171 Å². The van der Waals surface area contributed by atoms with Crippen LogP contribution in [0.1, 0.15) is 45.1 Å². The Kier molecular flexibility index (Phi) is 27.5. The molecule has 7 aromatic heterocycles. The normalized spacial score (nSPS) is 12.6. The molecule has 0 spiro atoms. The van der Waals surface area contributed by atoms with Gasteiger partial charge < -0.3 is 4.90 Å². The van der Waals surface area contributed by atoms with Crippen LogP contribution in [-0.4, -0.2) is 66.2 Å². The Balaban J connectivity index is 0.000000112. The number of nitrogens with zero attached hydrogens (tertiary/aromatic N) is 13. The summed E-state index contributed by atoms with van der Waals surface area (Å²) >= 11 is 0. The molecule has 0 fully saturated rings. The summed E-state index contributed by atoms with van der Waals surface area (Å²) in [6.07, 6.45) is 25.1. The number of benzene rings is 12. The lowest BCUT2D eigenvalue weighted by Crippen LogP contribution is -2.35. The Bertz CT molecular complexity index is 6520. The smallest absolute Gasteiger partial charge is 0.168 e. The van der Waals surface area contributed by atoms with Crippen LogP contribution in [0.15, 0.2) is 461 Å². The molecule has 2 atom stereocenters. The topological polar surface area (TPSA) is 141 Å². The SMILES string of the molecule is Cc1cc(-c2cccnc2)cc(-c2cccnc2)c1.Cc1cc(-c2ccncc2)cc(-c2ccncc2)c1.Cc1ccc(-c2ccnc(-c3ccccc3)c2)cc1.Cc1ccc(-c2nnc(-c3ccccc3)n2-c2ccccc2)cc1.Cc1ccc(-n2c(-c3ccccc3)nnc2-c2ccccc2)cc1.Cc1cccc(N2C3C=CC=CC3=NC2c2ccccc2)c1. The molecular weight excluding hydrogens is 1550 g/mol. The van der Waals surface area contributed by atoms with Crippen molar-refractivity contribution in [2.75, 3.05) is 4.90 Å². The van der Waals surface area contributed by atoms with Crippen LogP contribution < -0.4 is 4.90 Å². The van der Waals surface area contributed by atoms with Crippen molar-refractivity contribution in [2.45, 2.75) is 53.8 Å². The zero-order chi connectivity index (χ0) is 86.9. The van der Waals surface area contributed by atoms with Crippen LogP contribution in [0.5, 0.6) is 0 Å². The predicted molar refractivity (Wildman–Crippen MR) is 521 cm³/mol. The van der Waals surface area contributed by atoms with Crippen LogP contribution in [-0.2, 0) is 0 Å². The average Bonchev–Trinajstić information content (AvgIpc) is 1.63. The summed E-state index contributed by atoms with van der Waals surface area (Å²) < 4.78 is 4.23. The number of fused-ring (bicyclic) bond motifs is 1. The molecule has 21 rings (SSSR count). The number of hydrogen-bond acceptors (Lipinski definition) is 11. The maximum absolute atomic E-state index is 4.97. The Morgan fingerprint density at radius 3 is 1.06 bits per heavy atom. The van der Waals surface area contributed by atoms with E-state index in [1.54, 1.807) is 12.4 Å². The molecule has 0 saturated carbocycles. The minimum absolute atomic E-state index is 0.0374. The number of para-hydroxylation sites is 1. The van der Waals surface area contributed by atoms with Gasteiger partial charge in [0, 0.05) is 112 Å². The van der Waals surface area contributed by atoms with Crippen LogP contribution in [0.4, 0.5) is 5.69 Å². The van der Waals surface area contributed by atoms with Crippen LogP contribution in [0.25, 0.3) is 124 Å². The Morgan fingerprint density at radius 1 is 0.236 bits per heavy atom. The molecule has 2 aliphatic rings. The second-order valence-corrected chi connectivity index (χ2v) is 31.1. The van der Waals surface area contributed by atoms with E-state index in [-0.39, 0.29) is 12.2 Å². The summed E-state index contributed by atoms with van der Waals surface area (Å²) in [6, 6.07) is 129. The van der Waals surface area contributed by atoms with Gasteiger partial charge in [-0.3, -0.25) is 39.0 Å². The molecule has 2 unspecified atom stereocenters. The van der Waals surface area contributed by atoms with Gasteiger partial charge in [0.05, 0.1) is 17.4 Å². The summed E-state index contributed by atoms with van der Waals surface area (Å²) in [7, 11) is 0. The van der Waals surface area contributed by atoms with Crippen LogP contribution in [0, 0.1) is 41.5 Å². The van der Waals surface area contributed by atoms with Crippen LogP contribution in [0.2, 0.25) is 0 Å². The van der Waals surface area contributed by atoms with E-state index in [9.17, 15) is 0 Å². The van der Waals surface area contributed by atoms with Gasteiger partial charge in [0.2, 0.25) is 0 Å². The first-order chi connectivity index (χ1) is 62.5. The van der Waals surface area contributed by atoms with Gasteiger partial charge in [0.15, 0.2) is 23.3 Å². The zero-order valence-corrected chi connectivity index (χ0v) is 71.8. The van der Waals surface area contributed by atoms with Gasteiger partial charge in [-0.1, -0.05) is 314 Å². The van der Waals surface area contributed by atoms with Crippen molar-refractivity contribution in [3.63, 3.8) is 0 Å². The van der Waals surface area contributed by atoms with E-state index >= 15 is 0 Å². The fraction of sp³-hybridized carbons (Fsp3) is 0.0702.